The van der Waals surface area contributed by atoms with Crippen molar-refractivity contribution in [1.29, 1.82) is 5.26 Å². The van der Waals surface area contributed by atoms with Crippen molar-refractivity contribution in [3.63, 3.8) is 0 Å². The number of rotatable bonds is 5. The normalized spacial score (nSPS) is 13.6. The summed E-state index contributed by atoms with van der Waals surface area (Å²) in [6, 6.07) is 6.97. The quantitative estimate of drug-likeness (QED) is 0.842. The number of nitrogens with zero attached hydrogens (tertiary/aromatic N) is 1. The SMILES string of the molecule is COc1cccc(CC(N)(C#N)CF)c1OC. The van der Waals surface area contributed by atoms with Crippen molar-refractivity contribution >= 4 is 0 Å². The van der Waals surface area contributed by atoms with Gasteiger partial charge in [-0.05, 0) is 6.07 Å². The zero-order valence-electron chi connectivity index (χ0n) is 9.87. The van der Waals surface area contributed by atoms with Gasteiger partial charge >= 0.3 is 0 Å². The van der Waals surface area contributed by atoms with E-state index in [9.17, 15) is 4.39 Å². The average molecular weight is 238 g/mol. The Bertz CT molecular complexity index is 431. The highest BCUT2D eigenvalue weighted by Crippen LogP contribution is 2.32. The van der Waals surface area contributed by atoms with Crippen molar-refractivity contribution in [2.24, 2.45) is 5.73 Å². The number of nitriles is 1. The molecule has 1 rings (SSSR count). The number of benzene rings is 1. The molecule has 0 radical (unpaired) electrons. The van der Waals surface area contributed by atoms with Crippen LogP contribution in [0.25, 0.3) is 0 Å². The summed E-state index contributed by atoms with van der Waals surface area (Å²) in [5, 5.41) is 8.85. The van der Waals surface area contributed by atoms with E-state index in [0.29, 0.717) is 17.1 Å². The Hall–Kier alpha value is -1.80. The van der Waals surface area contributed by atoms with E-state index in [4.69, 9.17) is 20.5 Å². The number of ether oxygens (including phenoxy) is 2. The molecular formula is C12H15FN2O2. The van der Waals surface area contributed by atoms with Gasteiger partial charge < -0.3 is 15.2 Å². The molecule has 0 amide bonds. The van der Waals surface area contributed by atoms with Crippen LogP contribution in [0.15, 0.2) is 18.2 Å². The molecule has 0 aliphatic heterocycles. The van der Waals surface area contributed by atoms with E-state index < -0.39 is 12.2 Å². The maximum Gasteiger partial charge on any atom is 0.164 e. The molecule has 17 heavy (non-hydrogen) atoms. The molecule has 2 N–H and O–H groups in total. The van der Waals surface area contributed by atoms with Crippen molar-refractivity contribution in [2.75, 3.05) is 20.9 Å². The first-order chi connectivity index (χ1) is 8.10. The number of para-hydroxylation sites is 1. The molecule has 0 saturated carbocycles. The molecule has 0 bridgehead atoms. The number of alkyl halides is 1. The van der Waals surface area contributed by atoms with E-state index in [2.05, 4.69) is 0 Å². The predicted molar refractivity (Wildman–Crippen MR) is 61.8 cm³/mol. The lowest BCUT2D eigenvalue weighted by molar-refractivity contribution is 0.339. The molecule has 1 unspecified atom stereocenters. The number of halogens is 1. The Labute approximate surface area is 99.7 Å². The highest BCUT2D eigenvalue weighted by molar-refractivity contribution is 5.47. The van der Waals surface area contributed by atoms with E-state index in [-0.39, 0.29) is 6.42 Å². The average Bonchev–Trinajstić information content (AvgIpc) is 2.38. The number of hydrogen-bond acceptors (Lipinski definition) is 4. The molecule has 92 valence electrons. The number of hydrogen-bond donors (Lipinski definition) is 1. The second-order valence-electron chi connectivity index (χ2n) is 3.73. The fourth-order valence-electron chi connectivity index (χ4n) is 1.55. The lowest BCUT2D eigenvalue weighted by Crippen LogP contribution is -2.42. The van der Waals surface area contributed by atoms with Crippen LogP contribution in [-0.4, -0.2) is 26.4 Å². The van der Waals surface area contributed by atoms with Gasteiger partial charge in [0, 0.05) is 12.0 Å². The van der Waals surface area contributed by atoms with E-state index in [1.165, 1.54) is 14.2 Å². The molecule has 0 aliphatic rings. The van der Waals surface area contributed by atoms with Crippen molar-refractivity contribution < 1.29 is 13.9 Å². The zero-order valence-corrected chi connectivity index (χ0v) is 9.87. The van der Waals surface area contributed by atoms with Gasteiger partial charge in [-0.15, -0.1) is 0 Å². The van der Waals surface area contributed by atoms with Crippen LogP contribution in [0.2, 0.25) is 0 Å². The largest absolute Gasteiger partial charge is 0.493 e. The van der Waals surface area contributed by atoms with Crippen molar-refractivity contribution in [3.8, 4) is 17.6 Å². The minimum atomic E-state index is -1.53. The summed E-state index contributed by atoms with van der Waals surface area (Å²) in [6.45, 7) is -0.913. The zero-order chi connectivity index (χ0) is 12.9. The summed E-state index contributed by atoms with van der Waals surface area (Å²) in [5.41, 5.74) is 4.73. The Balaban J connectivity index is 3.11. The molecule has 5 heteroatoms. The summed E-state index contributed by atoms with van der Waals surface area (Å²) in [6.07, 6.45) is 0.0698. The van der Waals surface area contributed by atoms with Gasteiger partial charge in [-0.1, -0.05) is 12.1 Å². The molecular weight excluding hydrogens is 223 g/mol. The third-order valence-corrected chi connectivity index (χ3v) is 2.45. The van der Waals surface area contributed by atoms with Crippen LogP contribution < -0.4 is 15.2 Å². The summed E-state index contributed by atoms with van der Waals surface area (Å²) >= 11 is 0. The van der Waals surface area contributed by atoms with Crippen molar-refractivity contribution in [3.05, 3.63) is 23.8 Å². The van der Waals surface area contributed by atoms with Crippen LogP contribution in [0, 0.1) is 11.3 Å². The molecule has 0 spiro atoms. The molecule has 0 heterocycles. The summed E-state index contributed by atoms with van der Waals surface area (Å²) in [7, 11) is 3.00. The third kappa shape index (κ3) is 2.86. The smallest absolute Gasteiger partial charge is 0.164 e. The lowest BCUT2D eigenvalue weighted by atomic mass is 9.94. The van der Waals surface area contributed by atoms with Gasteiger partial charge in [0.25, 0.3) is 0 Å². The number of nitrogens with two attached hydrogens (primary N) is 1. The Morgan fingerprint density at radius 1 is 1.41 bits per heavy atom. The second-order valence-corrected chi connectivity index (χ2v) is 3.73. The molecule has 1 atom stereocenters. The van der Waals surface area contributed by atoms with E-state index >= 15 is 0 Å². The highest BCUT2D eigenvalue weighted by Gasteiger charge is 2.27. The minimum Gasteiger partial charge on any atom is -0.493 e. The monoisotopic (exact) mass is 238 g/mol. The molecule has 1 aromatic carbocycles. The fraction of sp³-hybridized carbons (Fsp3) is 0.417. The van der Waals surface area contributed by atoms with Gasteiger partial charge in [0.1, 0.15) is 12.2 Å². The van der Waals surface area contributed by atoms with Crippen molar-refractivity contribution in [2.45, 2.75) is 12.0 Å². The summed E-state index contributed by atoms with van der Waals surface area (Å²) < 4.78 is 23.0. The highest BCUT2D eigenvalue weighted by atomic mass is 19.1. The summed E-state index contributed by atoms with van der Waals surface area (Å²) in [5.74, 6) is 1.01. The van der Waals surface area contributed by atoms with Crippen LogP contribution in [-0.2, 0) is 6.42 Å². The van der Waals surface area contributed by atoms with Gasteiger partial charge in [0.05, 0.1) is 20.3 Å². The van der Waals surface area contributed by atoms with Crippen LogP contribution in [0.5, 0.6) is 11.5 Å². The number of methoxy groups -OCH3 is 2. The van der Waals surface area contributed by atoms with Crippen molar-refractivity contribution in [1.82, 2.24) is 0 Å². The molecule has 1 aromatic rings. The maximum absolute atomic E-state index is 12.7. The van der Waals surface area contributed by atoms with Crippen LogP contribution in [0.4, 0.5) is 4.39 Å². The molecule has 0 aromatic heterocycles. The molecule has 0 fully saturated rings. The van der Waals surface area contributed by atoms with E-state index in [0.717, 1.165) is 0 Å². The lowest BCUT2D eigenvalue weighted by Gasteiger charge is -2.19. The third-order valence-electron chi connectivity index (χ3n) is 2.45. The standard InChI is InChI=1S/C12H15FN2O2/c1-16-10-5-3-4-9(11(10)17-2)6-12(15,7-13)8-14/h3-5H,6-7,15H2,1-2H3. The summed E-state index contributed by atoms with van der Waals surface area (Å²) in [4.78, 5) is 0. The Kier molecular flexibility index (Phi) is 4.30. The molecule has 0 saturated heterocycles. The fourth-order valence-corrected chi connectivity index (χ4v) is 1.55. The first-order valence-corrected chi connectivity index (χ1v) is 5.06. The first kappa shape index (κ1) is 13.3. The van der Waals surface area contributed by atoms with Crippen LogP contribution in [0.3, 0.4) is 0 Å². The second kappa shape index (κ2) is 5.51. The first-order valence-electron chi connectivity index (χ1n) is 5.06. The Morgan fingerprint density at radius 3 is 2.59 bits per heavy atom. The van der Waals surface area contributed by atoms with E-state index in [1.54, 1.807) is 24.3 Å². The van der Waals surface area contributed by atoms with Crippen LogP contribution >= 0.6 is 0 Å². The van der Waals surface area contributed by atoms with Gasteiger partial charge in [-0.25, -0.2) is 4.39 Å². The van der Waals surface area contributed by atoms with Gasteiger partial charge in [0.2, 0.25) is 0 Å². The van der Waals surface area contributed by atoms with E-state index in [1.807, 2.05) is 0 Å². The topological polar surface area (TPSA) is 68.3 Å². The van der Waals surface area contributed by atoms with Gasteiger partial charge in [-0.2, -0.15) is 5.26 Å². The van der Waals surface area contributed by atoms with Crippen LogP contribution in [0.1, 0.15) is 5.56 Å². The molecule has 0 aliphatic carbocycles. The van der Waals surface area contributed by atoms with Gasteiger partial charge in [0.15, 0.2) is 11.5 Å². The minimum absolute atomic E-state index is 0.0698. The van der Waals surface area contributed by atoms with Gasteiger partial charge in [-0.3, -0.25) is 0 Å². The maximum atomic E-state index is 12.7. The Morgan fingerprint density at radius 2 is 2.12 bits per heavy atom. The molecule has 4 nitrogen and oxygen atoms in total. The predicted octanol–water partition coefficient (Wildman–Crippen LogP) is 1.44.